The molecule has 1 aliphatic carbocycles. The van der Waals surface area contributed by atoms with Crippen molar-refractivity contribution in [3.8, 4) is 0 Å². The summed E-state index contributed by atoms with van der Waals surface area (Å²) in [4.78, 5) is 11.9. The number of carbonyl (C=O) groups excluding carboxylic acids is 1. The normalized spacial score (nSPS) is 16.5. The zero-order valence-electron chi connectivity index (χ0n) is 14.3. The van der Waals surface area contributed by atoms with E-state index < -0.39 is 15.6 Å². The van der Waals surface area contributed by atoms with Crippen LogP contribution in [0.5, 0.6) is 0 Å². The molecular weight excluding hydrogens is 310 g/mol. The molecule has 1 saturated carbocycles. The fraction of sp³-hybridized carbons (Fsp3) is 0.611. The second-order valence-corrected chi connectivity index (χ2v) is 9.59. The first-order valence-electron chi connectivity index (χ1n) is 8.25. The molecule has 4 nitrogen and oxygen atoms in total. The Bertz CT molecular complexity index is 636. The van der Waals surface area contributed by atoms with E-state index in [0.717, 1.165) is 36.8 Å². The highest BCUT2D eigenvalue weighted by atomic mass is 32.2. The summed E-state index contributed by atoms with van der Waals surface area (Å²) in [6.07, 6.45) is 4.13. The van der Waals surface area contributed by atoms with Crippen LogP contribution in [0.25, 0.3) is 0 Å². The molecule has 1 aromatic carbocycles. The Morgan fingerprint density at radius 3 is 2.22 bits per heavy atom. The Balaban J connectivity index is 1.93. The molecule has 1 fully saturated rings. The summed E-state index contributed by atoms with van der Waals surface area (Å²) in [5.41, 5.74) is 1.93. The summed E-state index contributed by atoms with van der Waals surface area (Å²) in [6, 6.07) is 7.76. The first-order valence-corrected chi connectivity index (χ1v) is 10.1. The highest BCUT2D eigenvalue weighted by Crippen LogP contribution is 2.23. The molecule has 0 aliphatic heterocycles. The van der Waals surface area contributed by atoms with Gasteiger partial charge in [-0.3, -0.25) is 4.79 Å². The van der Waals surface area contributed by atoms with E-state index in [1.807, 2.05) is 24.3 Å². The third-order valence-electron chi connectivity index (χ3n) is 4.28. The molecule has 2 rings (SSSR count). The average Bonchev–Trinajstić information content (AvgIpc) is 2.89. The van der Waals surface area contributed by atoms with Gasteiger partial charge >= 0.3 is 0 Å². The molecule has 0 aromatic heterocycles. The molecule has 23 heavy (non-hydrogen) atoms. The molecule has 0 heterocycles. The SMILES string of the molecule is CC(C)(C)c1ccc(CS(=O)(=O)CC(=O)NC2CCCC2)cc1. The van der Waals surface area contributed by atoms with Crippen LogP contribution in [0.15, 0.2) is 24.3 Å². The van der Waals surface area contributed by atoms with Crippen molar-refractivity contribution < 1.29 is 13.2 Å². The van der Waals surface area contributed by atoms with Gasteiger partial charge in [-0.15, -0.1) is 0 Å². The molecule has 0 radical (unpaired) electrons. The zero-order chi connectivity index (χ0) is 17.1. The van der Waals surface area contributed by atoms with Crippen LogP contribution in [-0.4, -0.2) is 26.1 Å². The molecule has 0 saturated heterocycles. The van der Waals surface area contributed by atoms with Crippen molar-refractivity contribution in [1.29, 1.82) is 0 Å². The number of hydrogen-bond donors (Lipinski definition) is 1. The summed E-state index contributed by atoms with van der Waals surface area (Å²) in [6.45, 7) is 6.35. The molecule has 0 spiro atoms. The van der Waals surface area contributed by atoms with Crippen molar-refractivity contribution >= 4 is 15.7 Å². The van der Waals surface area contributed by atoms with E-state index in [1.165, 1.54) is 0 Å². The lowest BCUT2D eigenvalue weighted by Crippen LogP contribution is -2.37. The van der Waals surface area contributed by atoms with Gasteiger partial charge in [0.05, 0.1) is 5.75 Å². The fourth-order valence-electron chi connectivity index (χ4n) is 2.95. The standard InChI is InChI=1S/C18H27NO3S/c1-18(2,3)15-10-8-14(9-11-15)12-23(21,22)13-17(20)19-16-6-4-5-7-16/h8-11,16H,4-7,12-13H2,1-3H3,(H,19,20). The summed E-state index contributed by atoms with van der Waals surface area (Å²) in [7, 11) is -3.44. The molecule has 1 aromatic rings. The van der Waals surface area contributed by atoms with E-state index in [0.29, 0.717) is 0 Å². The van der Waals surface area contributed by atoms with Crippen LogP contribution in [0.3, 0.4) is 0 Å². The predicted octanol–water partition coefficient (Wildman–Crippen LogP) is 2.96. The van der Waals surface area contributed by atoms with Gasteiger partial charge in [-0.25, -0.2) is 8.42 Å². The molecule has 0 unspecified atom stereocenters. The van der Waals surface area contributed by atoms with Gasteiger partial charge in [-0.2, -0.15) is 0 Å². The maximum absolute atomic E-state index is 12.2. The van der Waals surface area contributed by atoms with Crippen LogP contribution in [0, 0.1) is 0 Å². The number of nitrogens with one attached hydrogen (secondary N) is 1. The van der Waals surface area contributed by atoms with Crippen LogP contribution in [-0.2, 0) is 25.8 Å². The van der Waals surface area contributed by atoms with Gasteiger partial charge in [0.25, 0.3) is 0 Å². The van der Waals surface area contributed by atoms with Crippen LogP contribution < -0.4 is 5.32 Å². The van der Waals surface area contributed by atoms with Crippen molar-refractivity contribution in [2.45, 2.75) is 63.7 Å². The van der Waals surface area contributed by atoms with Crippen molar-refractivity contribution in [3.63, 3.8) is 0 Å². The quantitative estimate of drug-likeness (QED) is 0.898. The van der Waals surface area contributed by atoms with Gasteiger partial charge in [-0.05, 0) is 29.4 Å². The predicted molar refractivity (Wildman–Crippen MR) is 93.0 cm³/mol. The number of carbonyl (C=O) groups is 1. The summed E-state index contributed by atoms with van der Waals surface area (Å²) >= 11 is 0. The maximum atomic E-state index is 12.2. The van der Waals surface area contributed by atoms with Gasteiger partial charge in [0, 0.05) is 6.04 Å². The first kappa shape index (κ1) is 18.0. The van der Waals surface area contributed by atoms with Gasteiger partial charge in [0.2, 0.25) is 5.91 Å². The monoisotopic (exact) mass is 337 g/mol. The lowest BCUT2D eigenvalue weighted by atomic mass is 9.87. The van der Waals surface area contributed by atoms with Crippen molar-refractivity contribution in [2.75, 3.05) is 5.75 Å². The van der Waals surface area contributed by atoms with E-state index in [4.69, 9.17) is 0 Å². The summed E-state index contributed by atoms with van der Waals surface area (Å²) in [5, 5.41) is 2.83. The lowest BCUT2D eigenvalue weighted by Gasteiger charge is -2.19. The maximum Gasteiger partial charge on any atom is 0.235 e. The zero-order valence-corrected chi connectivity index (χ0v) is 15.1. The van der Waals surface area contributed by atoms with Gasteiger partial charge in [0.1, 0.15) is 5.75 Å². The van der Waals surface area contributed by atoms with E-state index in [-0.39, 0.29) is 23.1 Å². The highest BCUT2D eigenvalue weighted by molar-refractivity contribution is 7.91. The molecule has 1 aliphatic rings. The molecule has 1 N–H and O–H groups in total. The Kier molecular flexibility index (Phi) is 5.50. The van der Waals surface area contributed by atoms with E-state index in [9.17, 15) is 13.2 Å². The van der Waals surface area contributed by atoms with Crippen molar-refractivity contribution in [1.82, 2.24) is 5.32 Å². The van der Waals surface area contributed by atoms with Gasteiger partial charge in [0.15, 0.2) is 9.84 Å². The second-order valence-electron chi connectivity index (χ2n) is 7.53. The van der Waals surface area contributed by atoms with E-state index in [1.54, 1.807) is 0 Å². The minimum atomic E-state index is -3.44. The van der Waals surface area contributed by atoms with E-state index in [2.05, 4.69) is 26.1 Å². The minimum absolute atomic E-state index is 0.0403. The van der Waals surface area contributed by atoms with E-state index >= 15 is 0 Å². The Morgan fingerprint density at radius 1 is 1.13 bits per heavy atom. The minimum Gasteiger partial charge on any atom is -0.352 e. The summed E-state index contributed by atoms with van der Waals surface area (Å²) in [5.74, 6) is -0.886. The third-order valence-corrected chi connectivity index (χ3v) is 5.75. The topological polar surface area (TPSA) is 63.2 Å². The largest absolute Gasteiger partial charge is 0.352 e. The number of hydrogen-bond acceptors (Lipinski definition) is 3. The van der Waals surface area contributed by atoms with Gasteiger partial charge < -0.3 is 5.32 Å². The van der Waals surface area contributed by atoms with Crippen LogP contribution >= 0.6 is 0 Å². The third kappa shape index (κ3) is 5.65. The molecule has 1 amide bonds. The lowest BCUT2D eigenvalue weighted by molar-refractivity contribution is -0.119. The average molecular weight is 337 g/mol. The number of sulfone groups is 1. The first-order chi connectivity index (χ1) is 10.7. The molecule has 0 bridgehead atoms. The van der Waals surface area contributed by atoms with Gasteiger partial charge in [-0.1, -0.05) is 57.9 Å². The number of rotatable bonds is 5. The molecule has 128 valence electrons. The Labute approximate surface area is 139 Å². The Hall–Kier alpha value is -1.36. The molecular formula is C18H27NO3S. The van der Waals surface area contributed by atoms with Crippen LogP contribution in [0.1, 0.15) is 57.6 Å². The summed E-state index contributed by atoms with van der Waals surface area (Å²) < 4.78 is 24.4. The molecule has 0 atom stereocenters. The Morgan fingerprint density at radius 2 is 1.70 bits per heavy atom. The highest BCUT2D eigenvalue weighted by Gasteiger charge is 2.22. The van der Waals surface area contributed by atoms with Crippen molar-refractivity contribution in [3.05, 3.63) is 35.4 Å². The second kappa shape index (κ2) is 7.04. The smallest absolute Gasteiger partial charge is 0.235 e. The number of amides is 1. The van der Waals surface area contributed by atoms with Crippen LogP contribution in [0.4, 0.5) is 0 Å². The molecule has 5 heteroatoms. The van der Waals surface area contributed by atoms with Crippen LogP contribution in [0.2, 0.25) is 0 Å². The fourth-order valence-corrected chi connectivity index (χ4v) is 4.23. The number of benzene rings is 1. The van der Waals surface area contributed by atoms with Crippen molar-refractivity contribution in [2.24, 2.45) is 0 Å².